The second kappa shape index (κ2) is 7.39. The van der Waals surface area contributed by atoms with E-state index in [4.69, 9.17) is 11.6 Å². The zero-order chi connectivity index (χ0) is 23.0. The molecule has 0 saturated heterocycles. The Bertz CT molecular complexity index is 1050. The van der Waals surface area contributed by atoms with Crippen LogP contribution in [0.5, 0.6) is 0 Å². The summed E-state index contributed by atoms with van der Waals surface area (Å²) < 4.78 is 42.9. The molecule has 4 fully saturated rings. The van der Waals surface area contributed by atoms with Crippen LogP contribution in [-0.2, 0) is 0 Å². The van der Waals surface area contributed by atoms with Crippen LogP contribution in [0.3, 0.4) is 0 Å². The number of carbonyl (C=O) groups excluding carboxylic acids is 1. The van der Waals surface area contributed by atoms with Crippen molar-refractivity contribution in [1.29, 1.82) is 0 Å². The van der Waals surface area contributed by atoms with Crippen LogP contribution in [-0.4, -0.2) is 27.4 Å². The Morgan fingerprint density at radius 2 is 1.67 bits per heavy atom. The highest BCUT2D eigenvalue weighted by atomic mass is 35.5. The van der Waals surface area contributed by atoms with Gasteiger partial charge in [0, 0.05) is 12.0 Å². The van der Waals surface area contributed by atoms with Gasteiger partial charge in [-0.2, -0.15) is 18.3 Å². The molecule has 4 saturated carbocycles. The van der Waals surface area contributed by atoms with Gasteiger partial charge in [0.1, 0.15) is 10.8 Å². The van der Waals surface area contributed by atoms with Crippen LogP contribution in [0.25, 0.3) is 0 Å². The Labute approximate surface area is 195 Å². The first-order valence-corrected chi connectivity index (χ1v) is 12.1. The average Bonchev–Trinajstić information content (AvgIpc) is 3.08. The second-order valence-electron chi connectivity index (χ2n) is 10.5. The molecular weight excluding hydrogens is 453 g/mol. The minimum absolute atomic E-state index is 0.0490. The summed E-state index contributed by atoms with van der Waals surface area (Å²) >= 11 is 6.52. The summed E-state index contributed by atoms with van der Waals surface area (Å²) in [4.78, 5) is 13.3. The van der Waals surface area contributed by atoms with Gasteiger partial charge < -0.3 is 10.6 Å². The smallest absolute Gasteiger partial charge is 0.362 e. The normalized spacial score (nSPS) is 34.6. The molecule has 4 aliphatic carbocycles. The van der Waals surface area contributed by atoms with Gasteiger partial charge in [-0.3, -0.25) is 4.79 Å². The number of anilines is 1. The second-order valence-corrected chi connectivity index (χ2v) is 10.9. The molecule has 5 nitrogen and oxygen atoms in total. The molecule has 2 N–H and O–H groups in total. The first kappa shape index (κ1) is 21.3. The third kappa shape index (κ3) is 3.61. The Morgan fingerprint density at radius 1 is 1.06 bits per heavy atom. The monoisotopic (exact) mass is 478 g/mol. The zero-order valence-electron chi connectivity index (χ0n) is 18.0. The fourth-order valence-corrected chi connectivity index (χ4v) is 7.47. The van der Waals surface area contributed by atoms with Gasteiger partial charge in [0.05, 0.1) is 6.04 Å². The van der Waals surface area contributed by atoms with E-state index in [1.54, 1.807) is 24.3 Å². The first-order chi connectivity index (χ1) is 15.7. The van der Waals surface area contributed by atoms with Gasteiger partial charge in [-0.25, -0.2) is 4.68 Å². The van der Waals surface area contributed by atoms with Crippen molar-refractivity contribution in [2.75, 3.05) is 5.32 Å². The molecule has 2 heterocycles. The van der Waals surface area contributed by atoms with E-state index < -0.39 is 24.2 Å². The Balaban J connectivity index is 1.32. The van der Waals surface area contributed by atoms with Crippen LogP contribution >= 0.6 is 11.6 Å². The van der Waals surface area contributed by atoms with Crippen molar-refractivity contribution in [3.63, 3.8) is 0 Å². The molecule has 1 aromatic carbocycles. The standard InChI is InChI=1S/C24H26ClF3N4O/c25-19-20(22(33)30-23-10-13-6-14(11-23)8-15(7-13)12-23)31-32-18(24(26,27)28)9-17(29-21(19)32)16-4-2-1-3-5-16/h1-5,13-15,17-18,29H,6-12H2,(H,30,33)/t13?,14?,15?,17-,18+,23?/m0/s1. The third-order valence-corrected chi connectivity index (χ3v) is 8.49. The first-order valence-electron chi connectivity index (χ1n) is 11.7. The molecule has 7 rings (SSSR count). The number of hydrogen-bond acceptors (Lipinski definition) is 3. The average molecular weight is 479 g/mol. The van der Waals surface area contributed by atoms with Crippen molar-refractivity contribution in [1.82, 2.24) is 15.1 Å². The van der Waals surface area contributed by atoms with Crippen molar-refractivity contribution in [3.8, 4) is 0 Å². The van der Waals surface area contributed by atoms with Crippen LogP contribution in [0, 0.1) is 17.8 Å². The number of aromatic nitrogens is 2. The van der Waals surface area contributed by atoms with Crippen LogP contribution < -0.4 is 10.6 Å². The predicted octanol–water partition coefficient (Wildman–Crippen LogP) is 5.90. The van der Waals surface area contributed by atoms with Crippen LogP contribution in [0.4, 0.5) is 19.0 Å². The minimum atomic E-state index is -4.52. The van der Waals surface area contributed by atoms with Gasteiger partial charge in [-0.1, -0.05) is 41.9 Å². The highest BCUT2D eigenvalue weighted by molar-refractivity contribution is 6.36. The minimum Gasteiger partial charge on any atom is -0.362 e. The van der Waals surface area contributed by atoms with Crippen molar-refractivity contribution in [2.24, 2.45) is 17.8 Å². The highest BCUT2D eigenvalue weighted by Crippen LogP contribution is 2.56. The molecule has 1 aromatic heterocycles. The Kier molecular flexibility index (Phi) is 4.77. The number of nitrogens with one attached hydrogen (secondary N) is 2. The van der Waals surface area contributed by atoms with Gasteiger partial charge in [-0.15, -0.1) is 0 Å². The van der Waals surface area contributed by atoms with E-state index in [0.29, 0.717) is 17.8 Å². The van der Waals surface area contributed by atoms with E-state index in [-0.39, 0.29) is 28.5 Å². The van der Waals surface area contributed by atoms with Crippen LogP contribution in [0.2, 0.25) is 5.02 Å². The SMILES string of the molecule is O=C(NC12CC3CC(CC(C3)C1)C2)c1nn2c(c1Cl)N[C@H](c1ccccc1)C[C@@H]2C(F)(F)F. The molecule has 2 aromatic rings. The molecule has 4 bridgehead atoms. The lowest BCUT2D eigenvalue weighted by atomic mass is 9.53. The van der Waals surface area contributed by atoms with E-state index in [0.717, 1.165) is 29.5 Å². The quantitative estimate of drug-likeness (QED) is 0.577. The molecule has 0 radical (unpaired) electrons. The number of amides is 1. The van der Waals surface area contributed by atoms with Crippen molar-refractivity contribution < 1.29 is 18.0 Å². The lowest BCUT2D eigenvalue weighted by molar-refractivity contribution is -0.173. The molecule has 0 spiro atoms. The summed E-state index contributed by atoms with van der Waals surface area (Å²) in [6.07, 6.45) is 1.76. The molecule has 176 valence electrons. The zero-order valence-corrected chi connectivity index (χ0v) is 18.8. The summed E-state index contributed by atoms with van der Waals surface area (Å²) in [6.45, 7) is 0. The summed E-state index contributed by atoms with van der Waals surface area (Å²) in [5.74, 6) is 1.47. The number of rotatable bonds is 3. The number of hydrogen-bond donors (Lipinski definition) is 2. The number of fused-ring (bicyclic) bond motifs is 1. The molecule has 1 amide bonds. The molecule has 5 aliphatic rings. The van der Waals surface area contributed by atoms with E-state index in [1.807, 2.05) is 6.07 Å². The summed E-state index contributed by atoms with van der Waals surface area (Å²) in [5.41, 5.74) is 0.329. The van der Waals surface area contributed by atoms with Crippen molar-refractivity contribution in [3.05, 3.63) is 46.6 Å². The van der Waals surface area contributed by atoms with Gasteiger partial charge in [0.15, 0.2) is 11.7 Å². The van der Waals surface area contributed by atoms with Gasteiger partial charge >= 0.3 is 6.18 Å². The third-order valence-electron chi connectivity index (χ3n) is 8.13. The fraction of sp³-hybridized carbons (Fsp3) is 0.583. The number of alkyl halides is 3. The van der Waals surface area contributed by atoms with Gasteiger partial charge in [0.2, 0.25) is 0 Å². The Morgan fingerprint density at radius 3 is 2.24 bits per heavy atom. The lowest BCUT2D eigenvalue weighted by Gasteiger charge is -2.56. The molecule has 2 atom stereocenters. The van der Waals surface area contributed by atoms with E-state index in [9.17, 15) is 18.0 Å². The molecule has 9 heteroatoms. The molecule has 1 aliphatic heterocycles. The predicted molar refractivity (Wildman–Crippen MR) is 118 cm³/mol. The highest BCUT2D eigenvalue weighted by Gasteiger charge is 2.52. The number of carbonyl (C=O) groups is 1. The topological polar surface area (TPSA) is 59.0 Å². The van der Waals surface area contributed by atoms with Gasteiger partial charge in [-0.05, 0) is 61.8 Å². The van der Waals surface area contributed by atoms with Crippen LogP contribution in [0.15, 0.2) is 30.3 Å². The summed E-state index contributed by atoms with van der Waals surface area (Å²) in [6, 6.07) is 6.51. The summed E-state index contributed by atoms with van der Waals surface area (Å²) in [7, 11) is 0. The lowest BCUT2D eigenvalue weighted by Crippen LogP contribution is -2.59. The van der Waals surface area contributed by atoms with E-state index >= 15 is 0 Å². The van der Waals surface area contributed by atoms with E-state index in [1.165, 1.54) is 19.3 Å². The maximum Gasteiger partial charge on any atom is 0.410 e. The van der Waals surface area contributed by atoms with Gasteiger partial charge in [0.25, 0.3) is 5.91 Å². The number of benzene rings is 1. The maximum absolute atomic E-state index is 14.0. The molecule has 33 heavy (non-hydrogen) atoms. The fourth-order valence-electron chi connectivity index (χ4n) is 7.20. The molecule has 0 unspecified atom stereocenters. The number of nitrogens with zero attached hydrogens (tertiary/aromatic N) is 2. The van der Waals surface area contributed by atoms with Crippen LogP contribution in [0.1, 0.15) is 73.1 Å². The largest absolute Gasteiger partial charge is 0.410 e. The van der Waals surface area contributed by atoms with Crippen molar-refractivity contribution >= 4 is 23.3 Å². The van der Waals surface area contributed by atoms with Crippen molar-refractivity contribution in [2.45, 2.75) is 68.7 Å². The summed E-state index contributed by atoms with van der Waals surface area (Å²) in [5, 5.41) is 10.4. The number of halogens is 4. The maximum atomic E-state index is 14.0. The van der Waals surface area contributed by atoms with E-state index in [2.05, 4.69) is 15.7 Å². The Hall–Kier alpha value is -2.22. The molecular formula is C24H26ClF3N4O.